The first kappa shape index (κ1) is 25.6. The highest BCUT2D eigenvalue weighted by Crippen LogP contribution is 2.32. The van der Waals surface area contributed by atoms with Crippen LogP contribution >= 0.6 is 0 Å². The summed E-state index contributed by atoms with van der Waals surface area (Å²) in [5.74, 6) is 6.23. The predicted molar refractivity (Wildman–Crippen MR) is 132 cm³/mol. The molecule has 5 nitrogen and oxygen atoms in total. The van der Waals surface area contributed by atoms with Gasteiger partial charge in [-0.25, -0.2) is 0 Å². The number of hydrogen-bond acceptors (Lipinski definition) is 5. The molecule has 1 aliphatic carbocycles. The van der Waals surface area contributed by atoms with Crippen molar-refractivity contribution < 1.29 is 14.2 Å². The molecule has 1 saturated heterocycles. The van der Waals surface area contributed by atoms with E-state index in [1.54, 1.807) is 0 Å². The number of hydrogen-bond donors (Lipinski definition) is 0. The van der Waals surface area contributed by atoms with E-state index in [0.717, 1.165) is 56.6 Å². The fourth-order valence-corrected chi connectivity index (χ4v) is 3.98. The van der Waals surface area contributed by atoms with E-state index in [1.807, 2.05) is 32.9 Å². The van der Waals surface area contributed by atoms with E-state index < -0.39 is 0 Å². The van der Waals surface area contributed by atoms with Crippen LogP contribution in [0.5, 0.6) is 0 Å². The maximum atomic E-state index is 9.47. The first-order chi connectivity index (χ1) is 15.5. The van der Waals surface area contributed by atoms with Gasteiger partial charge < -0.3 is 19.1 Å². The third kappa shape index (κ3) is 8.67. The molecule has 0 aromatic heterocycles. The van der Waals surface area contributed by atoms with Crippen molar-refractivity contribution in [1.82, 2.24) is 0 Å². The summed E-state index contributed by atoms with van der Waals surface area (Å²) in [6, 6.07) is 8.16. The molecule has 1 saturated carbocycles. The molecule has 0 radical (unpaired) electrons. The zero-order chi connectivity index (χ0) is 24.1. The molecule has 180 valence electrons. The lowest BCUT2D eigenvalue weighted by atomic mass is 9.90. The van der Waals surface area contributed by atoms with Gasteiger partial charge in [0.2, 0.25) is 0 Å². The SMILES string of the molecule is CC(C)(C)COC1CC(OC2CCN(c3cc(C#N)cc(C#CCOC(C)(C)C)c3)CC2)C1. The number of nitriles is 1. The van der Waals surface area contributed by atoms with Crippen molar-refractivity contribution in [3.63, 3.8) is 0 Å². The Labute approximate surface area is 200 Å². The van der Waals surface area contributed by atoms with E-state index in [9.17, 15) is 5.26 Å². The molecule has 0 N–H and O–H groups in total. The lowest BCUT2D eigenvalue weighted by Gasteiger charge is -2.41. The zero-order valence-electron chi connectivity index (χ0n) is 21.2. The topological polar surface area (TPSA) is 54.7 Å². The fourth-order valence-electron chi connectivity index (χ4n) is 3.98. The van der Waals surface area contributed by atoms with Gasteiger partial charge in [0.25, 0.3) is 0 Å². The van der Waals surface area contributed by atoms with Gasteiger partial charge in [0.15, 0.2) is 0 Å². The quantitative estimate of drug-likeness (QED) is 0.548. The molecular formula is C28H40N2O3. The lowest BCUT2D eigenvalue weighted by molar-refractivity contribution is -0.137. The third-order valence-electron chi connectivity index (χ3n) is 5.85. The fraction of sp³-hybridized carbons (Fsp3) is 0.679. The first-order valence-corrected chi connectivity index (χ1v) is 12.2. The van der Waals surface area contributed by atoms with Crippen molar-refractivity contribution in [2.45, 2.75) is 91.1 Å². The monoisotopic (exact) mass is 452 g/mol. The molecule has 5 heteroatoms. The number of piperidine rings is 1. The summed E-state index contributed by atoms with van der Waals surface area (Å²) in [5.41, 5.74) is 2.57. The summed E-state index contributed by atoms with van der Waals surface area (Å²) in [6.45, 7) is 15.7. The molecule has 2 aliphatic rings. The summed E-state index contributed by atoms with van der Waals surface area (Å²) in [7, 11) is 0. The minimum absolute atomic E-state index is 0.208. The van der Waals surface area contributed by atoms with Gasteiger partial charge in [-0.1, -0.05) is 32.6 Å². The molecule has 0 spiro atoms. The van der Waals surface area contributed by atoms with Gasteiger partial charge in [0.05, 0.1) is 42.2 Å². The van der Waals surface area contributed by atoms with E-state index in [0.29, 0.717) is 30.5 Å². The van der Waals surface area contributed by atoms with E-state index in [-0.39, 0.29) is 11.0 Å². The average molecular weight is 453 g/mol. The number of anilines is 1. The average Bonchev–Trinajstić information content (AvgIpc) is 2.71. The van der Waals surface area contributed by atoms with Crippen molar-refractivity contribution >= 4 is 5.69 Å². The highest BCUT2D eigenvalue weighted by atomic mass is 16.5. The Morgan fingerprint density at radius 1 is 0.939 bits per heavy atom. The molecule has 0 atom stereocenters. The highest BCUT2D eigenvalue weighted by Gasteiger charge is 2.34. The van der Waals surface area contributed by atoms with Gasteiger partial charge in [0, 0.05) is 24.3 Å². The van der Waals surface area contributed by atoms with Crippen LogP contribution in [0.2, 0.25) is 0 Å². The van der Waals surface area contributed by atoms with Crippen LogP contribution in [0.15, 0.2) is 18.2 Å². The summed E-state index contributed by atoms with van der Waals surface area (Å²) < 4.78 is 18.0. The Balaban J connectivity index is 1.47. The maximum absolute atomic E-state index is 9.47. The van der Waals surface area contributed by atoms with Crippen LogP contribution < -0.4 is 4.90 Å². The van der Waals surface area contributed by atoms with Crippen LogP contribution in [-0.2, 0) is 14.2 Å². The van der Waals surface area contributed by atoms with Crippen LogP contribution in [0.4, 0.5) is 5.69 Å². The van der Waals surface area contributed by atoms with Gasteiger partial charge in [-0.15, -0.1) is 0 Å². The van der Waals surface area contributed by atoms with Crippen molar-refractivity contribution in [1.29, 1.82) is 5.26 Å². The largest absolute Gasteiger partial charge is 0.377 e. The Morgan fingerprint density at radius 2 is 1.61 bits per heavy atom. The Hall–Kier alpha value is -2.05. The summed E-state index contributed by atoms with van der Waals surface area (Å²) in [5, 5.41) is 9.47. The highest BCUT2D eigenvalue weighted by molar-refractivity contribution is 5.57. The molecule has 3 rings (SSSR count). The number of ether oxygens (including phenoxy) is 3. The van der Waals surface area contributed by atoms with E-state index >= 15 is 0 Å². The Morgan fingerprint density at radius 3 is 2.21 bits per heavy atom. The van der Waals surface area contributed by atoms with E-state index in [4.69, 9.17) is 14.2 Å². The summed E-state index contributed by atoms with van der Waals surface area (Å²) in [4.78, 5) is 2.34. The molecule has 33 heavy (non-hydrogen) atoms. The molecule has 1 aliphatic heterocycles. The van der Waals surface area contributed by atoms with Crippen molar-refractivity contribution in [2.75, 3.05) is 31.2 Å². The smallest absolute Gasteiger partial charge is 0.108 e. The molecule has 2 fully saturated rings. The summed E-state index contributed by atoms with van der Waals surface area (Å²) >= 11 is 0. The van der Waals surface area contributed by atoms with Crippen LogP contribution in [-0.4, -0.2) is 50.2 Å². The minimum atomic E-state index is -0.208. The van der Waals surface area contributed by atoms with Gasteiger partial charge in [-0.05, 0) is 70.1 Å². The van der Waals surface area contributed by atoms with Gasteiger partial charge in [0.1, 0.15) is 6.61 Å². The van der Waals surface area contributed by atoms with Gasteiger partial charge in [-0.3, -0.25) is 0 Å². The molecule has 1 aromatic rings. The molecule has 0 bridgehead atoms. The van der Waals surface area contributed by atoms with E-state index in [1.165, 1.54) is 0 Å². The molecule has 1 aromatic carbocycles. The lowest BCUT2D eigenvalue weighted by Crippen LogP contribution is -2.44. The van der Waals surface area contributed by atoms with Crippen LogP contribution in [0.1, 0.15) is 78.4 Å². The molecular weight excluding hydrogens is 412 g/mol. The van der Waals surface area contributed by atoms with Crippen LogP contribution in [0.3, 0.4) is 0 Å². The second-order valence-corrected chi connectivity index (χ2v) is 11.5. The first-order valence-electron chi connectivity index (χ1n) is 12.2. The minimum Gasteiger partial charge on any atom is -0.377 e. The van der Waals surface area contributed by atoms with Crippen LogP contribution in [0.25, 0.3) is 0 Å². The summed E-state index contributed by atoms with van der Waals surface area (Å²) in [6.07, 6.45) is 5.04. The van der Waals surface area contributed by atoms with Crippen molar-refractivity contribution in [3.8, 4) is 17.9 Å². The van der Waals surface area contributed by atoms with Crippen molar-refractivity contribution in [2.24, 2.45) is 5.41 Å². The zero-order valence-corrected chi connectivity index (χ0v) is 21.2. The van der Waals surface area contributed by atoms with Gasteiger partial charge in [-0.2, -0.15) is 5.26 Å². The standard InChI is InChI=1S/C28H40N2O3/c1-27(2,3)20-31-25-17-26(18-25)33-24-9-11-30(12-10-24)23-15-21(14-22(16-23)19-29)8-7-13-32-28(4,5)6/h14-16,24-26H,9-13,17-18,20H2,1-6H3. The van der Waals surface area contributed by atoms with Gasteiger partial charge >= 0.3 is 0 Å². The normalized spacial score (nSPS) is 21.7. The van der Waals surface area contributed by atoms with Crippen molar-refractivity contribution in [3.05, 3.63) is 29.3 Å². The third-order valence-corrected chi connectivity index (χ3v) is 5.85. The van der Waals surface area contributed by atoms with E-state index in [2.05, 4.69) is 49.6 Å². The number of rotatable bonds is 6. The molecule has 1 heterocycles. The van der Waals surface area contributed by atoms with Crippen LogP contribution in [0, 0.1) is 28.6 Å². The number of nitrogens with zero attached hydrogens (tertiary/aromatic N) is 2. The second-order valence-electron chi connectivity index (χ2n) is 11.5. The predicted octanol–water partition coefficient (Wildman–Crippen LogP) is 5.30. The molecule has 0 unspecified atom stereocenters. The molecule has 0 amide bonds. The number of benzene rings is 1. The Kier molecular flexibility index (Phi) is 8.46. The Bertz CT molecular complexity index is 881. The second kappa shape index (κ2) is 10.9. The maximum Gasteiger partial charge on any atom is 0.108 e.